The van der Waals surface area contributed by atoms with Crippen molar-refractivity contribution >= 4 is 23.4 Å². The van der Waals surface area contributed by atoms with Gasteiger partial charge in [-0.3, -0.25) is 19.4 Å². The summed E-state index contributed by atoms with van der Waals surface area (Å²) in [7, 11) is 1.53. The van der Waals surface area contributed by atoms with Crippen LogP contribution in [0.2, 0.25) is 0 Å². The van der Waals surface area contributed by atoms with Crippen LogP contribution >= 0.6 is 0 Å². The maximum atomic E-state index is 13.6. The van der Waals surface area contributed by atoms with Crippen LogP contribution in [0.15, 0.2) is 73.1 Å². The zero-order valence-electron chi connectivity index (χ0n) is 26.1. The van der Waals surface area contributed by atoms with Crippen LogP contribution in [0.1, 0.15) is 36.1 Å². The van der Waals surface area contributed by atoms with E-state index in [1.807, 2.05) is 44.2 Å². The first-order valence-electron chi connectivity index (χ1n) is 15.1. The number of rotatable bonds is 6. The Balaban J connectivity index is 1.47. The zero-order chi connectivity index (χ0) is 32.5. The van der Waals surface area contributed by atoms with Gasteiger partial charge in [0.15, 0.2) is 23.1 Å². The molecule has 46 heavy (non-hydrogen) atoms. The molecular formula is C33H38N8O5. The summed E-state index contributed by atoms with van der Waals surface area (Å²) < 4.78 is 13.3. The lowest BCUT2D eigenvalue weighted by atomic mass is 10.0. The van der Waals surface area contributed by atoms with Crippen LogP contribution in [0, 0.1) is 5.92 Å². The third-order valence-corrected chi connectivity index (χ3v) is 7.44. The second-order valence-electron chi connectivity index (χ2n) is 11.1. The molecule has 3 heterocycles. The highest BCUT2D eigenvalue weighted by atomic mass is 16.5. The molecule has 2 aromatic heterocycles. The summed E-state index contributed by atoms with van der Waals surface area (Å²) >= 11 is 0. The summed E-state index contributed by atoms with van der Waals surface area (Å²) in [4.78, 5) is 50.3. The van der Waals surface area contributed by atoms with Crippen LogP contribution in [0.5, 0.6) is 11.5 Å². The summed E-state index contributed by atoms with van der Waals surface area (Å²) in [6.07, 6.45) is 3.25. The van der Waals surface area contributed by atoms with Crippen LogP contribution in [0.3, 0.4) is 0 Å². The molecule has 5 rings (SSSR count). The second kappa shape index (κ2) is 15.0. The summed E-state index contributed by atoms with van der Waals surface area (Å²) in [5.74, 6) is 0.844. The number of hydrogen-bond acceptors (Lipinski definition) is 9. The first-order valence-corrected chi connectivity index (χ1v) is 15.1. The number of amides is 3. The largest absolute Gasteiger partial charge is 0.493 e. The lowest BCUT2D eigenvalue weighted by molar-refractivity contribution is -0.135. The number of methoxy groups -OCH3 is 1. The monoisotopic (exact) mass is 626 g/mol. The van der Waals surface area contributed by atoms with E-state index in [0.29, 0.717) is 40.9 Å². The van der Waals surface area contributed by atoms with E-state index in [0.717, 1.165) is 5.56 Å². The standard InChI is InChI=1S/C33H38N8O5/c1-22(2)30-32-38-31(23-8-5-4-6-9-23)39-41(32)16-17-46-27-18-24(11-12-26(27)45-3)33(44)35-14-15-40(21-28(42)37-30)29(43)20-36-25-10-7-13-34-19-25/h4-13,18-19,22,30,36H,14-17,20-21H2,1-3H3,(H,35,44)(H,37,42)/t30-/m1/s1. The van der Waals surface area contributed by atoms with E-state index in [1.54, 1.807) is 47.4 Å². The first-order chi connectivity index (χ1) is 22.3. The highest BCUT2D eigenvalue weighted by molar-refractivity contribution is 5.95. The molecular weight excluding hydrogens is 588 g/mol. The van der Waals surface area contributed by atoms with Crippen molar-refractivity contribution < 1.29 is 23.9 Å². The lowest BCUT2D eigenvalue weighted by Crippen LogP contribution is -2.47. The van der Waals surface area contributed by atoms with Crippen LogP contribution in [0.4, 0.5) is 5.69 Å². The third-order valence-electron chi connectivity index (χ3n) is 7.44. The molecule has 1 atom stereocenters. The minimum Gasteiger partial charge on any atom is -0.493 e. The van der Waals surface area contributed by atoms with E-state index in [9.17, 15) is 14.4 Å². The molecule has 13 nitrogen and oxygen atoms in total. The summed E-state index contributed by atoms with van der Waals surface area (Å²) in [6.45, 7) is 4.41. The molecule has 0 spiro atoms. The zero-order valence-corrected chi connectivity index (χ0v) is 26.1. The van der Waals surface area contributed by atoms with Crippen molar-refractivity contribution in [2.75, 3.05) is 45.2 Å². The van der Waals surface area contributed by atoms with Gasteiger partial charge in [0.2, 0.25) is 11.8 Å². The number of nitrogens with one attached hydrogen (secondary N) is 3. The minimum absolute atomic E-state index is 0.0610. The molecule has 0 unspecified atom stereocenters. The van der Waals surface area contributed by atoms with Gasteiger partial charge in [0, 0.05) is 36.6 Å². The minimum atomic E-state index is -0.517. The van der Waals surface area contributed by atoms with Crippen LogP contribution < -0.4 is 25.4 Å². The number of aromatic nitrogens is 4. The first kappa shape index (κ1) is 31.9. The van der Waals surface area contributed by atoms with Crippen molar-refractivity contribution in [2.24, 2.45) is 5.92 Å². The molecule has 3 N–H and O–H groups in total. The molecule has 2 bridgehead atoms. The van der Waals surface area contributed by atoms with Crippen molar-refractivity contribution in [3.05, 3.63) is 84.4 Å². The Labute approximate surface area is 267 Å². The molecule has 0 fully saturated rings. The number of carbonyl (C=O) groups excluding carboxylic acids is 3. The Morgan fingerprint density at radius 3 is 2.65 bits per heavy atom. The molecule has 3 amide bonds. The molecule has 1 aliphatic heterocycles. The molecule has 240 valence electrons. The Morgan fingerprint density at radius 1 is 1.09 bits per heavy atom. The fourth-order valence-electron chi connectivity index (χ4n) is 5.01. The Bertz CT molecular complexity index is 1640. The SMILES string of the molecule is COc1ccc2cc1OCCn1nc(-c3ccccc3)nc1[C@@H](C(C)C)NC(=O)CN(C(=O)CNc1cccnc1)CCNC2=O. The van der Waals surface area contributed by atoms with Gasteiger partial charge in [-0.2, -0.15) is 5.10 Å². The van der Waals surface area contributed by atoms with Crippen molar-refractivity contribution in [3.63, 3.8) is 0 Å². The van der Waals surface area contributed by atoms with Crippen molar-refractivity contribution in [1.82, 2.24) is 35.3 Å². The number of nitrogens with zero attached hydrogens (tertiary/aromatic N) is 5. The second-order valence-corrected chi connectivity index (χ2v) is 11.1. The van der Waals surface area contributed by atoms with Crippen LogP contribution in [0.25, 0.3) is 11.4 Å². The summed E-state index contributed by atoms with van der Waals surface area (Å²) in [5, 5.41) is 13.8. The van der Waals surface area contributed by atoms with Gasteiger partial charge in [0.25, 0.3) is 5.91 Å². The number of pyridine rings is 1. The van der Waals surface area contributed by atoms with Gasteiger partial charge >= 0.3 is 0 Å². The normalized spacial score (nSPS) is 16.0. The van der Waals surface area contributed by atoms with Gasteiger partial charge in [-0.1, -0.05) is 44.2 Å². The fraction of sp³-hybridized carbons (Fsp3) is 0.333. The number of fused-ring (bicyclic) bond motifs is 3. The van der Waals surface area contributed by atoms with Gasteiger partial charge < -0.3 is 30.3 Å². The average molecular weight is 627 g/mol. The number of anilines is 1. The molecule has 0 saturated carbocycles. The molecule has 4 aromatic rings. The highest BCUT2D eigenvalue weighted by Gasteiger charge is 2.27. The van der Waals surface area contributed by atoms with Crippen LogP contribution in [-0.2, 0) is 16.1 Å². The molecule has 0 aliphatic carbocycles. The third kappa shape index (κ3) is 7.97. The molecule has 0 radical (unpaired) electrons. The van der Waals surface area contributed by atoms with Gasteiger partial charge in [-0.05, 0) is 36.2 Å². The number of hydrogen-bond donors (Lipinski definition) is 3. The Hall–Kier alpha value is -5.46. The predicted molar refractivity (Wildman–Crippen MR) is 171 cm³/mol. The van der Waals surface area contributed by atoms with Crippen molar-refractivity contribution in [2.45, 2.75) is 26.4 Å². The van der Waals surface area contributed by atoms with E-state index in [1.165, 1.54) is 12.0 Å². The van der Waals surface area contributed by atoms with E-state index >= 15 is 0 Å². The van der Waals surface area contributed by atoms with E-state index in [4.69, 9.17) is 19.6 Å². The number of carbonyl (C=O) groups is 3. The van der Waals surface area contributed by atoms with E-state index < -0.39 is 6.04 Å². The Morgan fingerprint density at radius 2 is 1.91 bits per heavy atom. The van der Waals surface area contributed by atoms with Crippen LogP contribution in [-0.4, -0.2) is 82.3 Å². The summed E-state index contributed by atoms with van der Waals surface area (Å²) in [5.41, 5.74) is 1.87. The quantitative estimate of drug-likeness (QED) is 0.293. The van der Waals surface area contributed by atoms with Crippen molar-refractivity contribution in [3.8, 4) is 22.9 Å². The van der Waals surface area contributed by atoms with E-state index in [2.05, 4.69) is 20.9 Å². The fourth-order valence-corrected chi connectivity index (χ4v) is 5.01. The molecule has 2 aromatic carbocycles. The highest BCUT2D eigenvalue weighted by Crippen LogP contribution is 2.29. The van der Waals surface area contributed by atoms with E-state index in [-0.39, 0.29) is 56.4 Å². The van der Waals surface area contributed by atoms with Gasteiger partial charge in [-0.15, -0.1) is 0 Å². The molecule has 1 aliphatic rings. The summed E-state index contributed by atoms with van der Waals surface area (Å²) in [6, 6.07) is 17.5. The average Bonchev–Trinajstić information content (AvgIpc) is 3.49. The number of benzene rings is 2. The van der Waals surface area contributed by atoms with Gasteiger partial charge in [-0.25, -0.2) is 9.67 Å². The number of ether oxygens (including phenoxy) is 2. The van der Waals surface area contributed by atoms with Gasteiger partial charge in [0.05, 0.1) is 38.5 Å². The maximum absolute atomic E-state index is 13.6. The van der Waals surface area contributed by atoms with Crippen molar-refractivity contribution in [1.29, 1.82) is 0 Å². The molecule has 13 heteroatoms. The predicted octanol–water partition coefficient (Wildman–Crippen LogP) is 2.93. The molecule has 0 saturated heterocycles. The lowest BCUT2D eigenvalue weighted by Gasteiger charge is -2.26. The Kier molecular flexibility index (Phi) is 10.4. The van der Waals surface area contributed by atoms with Gasteiger partial charge in [0.1, 0.15) is 6.61 Å². The maximum Gasteiger partial charge on any atom is 0.251 e. The smallest absolute Gasteiger partial charge is 0.251 e. The topological polar surface area (TPSA) is 153 Å².